The van der Waals surface area contributed by atoms with E-state index in [-0.39, 0.29) is 34.9 Å². The van der Waals surface area contributed by atoms with Crippen LogP contribution in [0.3, 0.4) is 0 Å². The molecule has 0 spiro atoms. The van der Waals surface area contributed by atoms with Crippen LogP contribution in [-0.4, -0.2) is 29.9 Å². The smallest absolute Gasteiger partial charge is 0.250 e. The summed E-state index contributed by atoms with van der Waals surface area (Å²) in [6.07, 6.45) is 0. The molecule has 216 valence electrons. The maximum atomic E-state index is 5.94. The van der Waals surface area contributed by atoms with Gasteiger partial charge in [-0.1, -0.05) is 139 Å². The second-order valence-corrected chi connectivity index (χ2v) is 16.9. The molecular weight excluding hydrogens is 790 g/mol. The third-order valence-corrected chi connectivity index (χ3v) is 6.77. The summed E-state index contributed by atoms with van der Waals surface area (Å²) in [6, 6.07) is 13.3. The van der Waals surface area contributed by atoms with Gasteiger partial charge in [0, 0.05) is 11.1 Å². The summed E-state index contributed by atoms with van der Waals surface area (Å²) in [6.45, 7) is 0. The average Bonchev–Trinajstić information content (AvgIpc) is 2.87. The van der Waals surface area contributed by atoms with Crippen LogP contribution in [0.1, 0.15) is 23.3 Å². The van der Waals surface area contributed by atoms with Gasteiger partial charge in [-0.05, 0) is 48.5 Å². The highest BCUT2D eigenvalue weighted by molar-refractivity contribution is 6.68. The van der Waals surface area contributed by atoms with E-state index in [2.05, 4.69) is 29.9 Å². The highest BCUT2D eigenvalue weighted by Crippen LogP contribution is 2.42. The lowest BCUT2D eigenvalue weighted by Gasteiger charge is -2.16. The first kappa shape index (κ1) is 33.6. The molecule has 2 aromatic carbocycles. The summed E-state index contributed by atoms with van der Waals surface area (Å²) in [7, 11) is 0. The summed E-state index contributed by atoms with van der Waals surface area (Å²) in [4.78, 5) is 24.6. The number of nitrogens with zero attached hydrogens (tertiary/aromatic N) is 6. The van der Waals surface area contributed by atoms with E-state index in [1.165, 1.54) is 0 Å². The van der Waals surface area contributed by atoms with Crippen molar-refractivity contribution in [2.75, 3.05) is 0 Å². The van der Waals surface area contributed by atoms with Gasteiger partial charge in [-0.3, -0.25) is 0 Å². The lowest BCUT2D eigenvalue weighted by Crippen LogP contribution is -2.16. The monoisotopic (exact) mass is 792 g/mol. The minimum absolute atomic E-state index is 0.111. The van der Waals surface area contributed by atoms with Gasteiger partial charge < -0.3 is 4.74 Å². The molecule has 0 fully saturated rings. The van der Waals surface area contributed by atoms with Gasteiger partial charge in [0.1, 0.15) is 11.5 Å². The first-order valence-electron chi connectivity index (χ1n) is 10.5. The van der Waals surface area contributed by atoms with Crippen molar-refractivity contribution >= 4 is 139 Å². The minimum atomic E-state index is -1.98. The van der Waals surface area contributed by atoms with E-state index in [1.807, 2.05) is 0 Å². The van der Waals surface area contributed by atoms with Gasteiger partial charge in [-0.25, -0.2) is 29.9 Å². The number of hydrogen-bond donors (Lipinski definition) is 0. The van der Waals surface area contributed by atoms with Crippen molar-refractivity contribution in [3.8, 4) is 34.3 Å². The summed E-state index contributed by atoms with van der Waals surface area (Å²) in [5.41, 5.74) is 1.01. The topological polar surface area (TPSA) is 86.6 Å². The van der Waals surface area contributed by atoms with Gasteiger partial charge in [0.2, 0.25) is 15.2 Å². The van der Waals surface area contributed by atoms with Gasteiger partial charge >= 0.3 is 0 Å². The van der Waals surface area contributed by atoms with Crippen LogP contribution in [0.25, 0.3) is 22.8 Å². The molecule has 2 aromatic heterocycles. The van der Waals surface area contributed by atoms with E-state index < -0.39 is 15.2 Å². The van der Waals surface area contributed by atoms with Gasteiger partial charge in [0.05, 0.1) is 0 Å². The lowest BCUT2D eigenvalue weighted by atomic mass is 10.2. The Kier molecular flexibility index (Phi) is 10.4. The Morgan fingerprint density at radius 2 is 0.610 bits per heavy atom. The summed E-state index contributed by atoms with van der Waals surface area (Å²) in [5.74, 6) is 0.304. The molecule has 0 amide bonds. The number of alkyl halides is 12. The van der Waals surface area contributed by atoms with E-state index in [4.69, 9.17) is 144 Å². The molecule has 0 atom stereocenters. The number of rotatable bonds is 4. The Bertz CT molecular complexity index is 1370. The van der Waals surface area contributed by atoms with E-state index in [0.717, 1.165) is 0 Å². The molecule has 0 saturated carbocycles. The van der Waals surface area contributed by atoms with Crippen molar-refractivity contribution in [2.24, 2.45) is 0 Å². The third kappa shape index (κ3) is 8.90. The number of aromatic nitrogens is 6. The van der Waals surface area contributed by atoms with Crippen LogP contribution in [0.5, 0.6) is 11.5 Å². The SMILES string of the molecule is ClC(Cl)(Cl)c1nc(-c2ccc(Oc3ccc(-c4nc(C(Cl)(Cl)Cl)nc(C(Cl)(Cl)Cl)n4)cc3)cc2)nc(C(Cl)(Cl)Cl)n1. The second-order valence-electron chi connectivity index (χ2n) is 7.75. The molecule has 0 aliphatic rings. The van der Waals surface area contributed by atoms with Crippen molar-refractivity contribution in [2.45, 2.75) is 15.2 Å². The zero-order valence-corrected chi connectivity index (χ0v) is 28.3. The van der Waals surface area contributed by atoms with Crippen LogP contribution in [0.2, 0.25) is 0 Å². The van der Waals surface area contributed by atoms with Crippen LogP contribution in [0, 0.1) is 0 Å². The quantitative estimate of drug-likeness (QED) is 0.190. The summed E-state index contributed by atoms with van der Waals surface area (Å²) in [5, 5.41) is 0. The van der Waals surface area contributed by atoms with Gasteiger partial charge in [0.15, 0.2) is 34.9 Å². The molecule has 2 heterocycles. The molecule has 4 aromatic rings. The molecule has 7 nitrogen and oxygen atoms in total. The molecule has 0 aliphatic heterocycles. The van der Waals surface area contributed by atoms with E-state index in [0.29, 0.717) is 22.6 Å². The van der Waals surface area contributed by atoms with E-state index in [1.54, 1.807) is 48.5 Å². The molecule has 19 heteroatoms. The van der Waals surface area contributed by atoms with Crippen molar-refractivity contribution in [1.29, 1.82) is 0 Å². The summed E-state index contributed by atoms with van der Waals surface area (Å²) < 4.78 is -2.02. The van der Waals surface area contributed by atoms with Gasteiger partial charge in [0.25, 0.3) is 0 Å². The summed E-state index contributed by atoms with van der Waals surface area (Å²) >= 11 is 71.3. The highest BCUT2D eigenvalue weighted by Gasteiger charge is 2.35. The number of ether oxygens (including phenoxy) is 1. The Morgan fingerprint density at radius 3 is 0.829 bits per heavy atom. The molecule has 41 heavy (non-hydrogen) atoms. The maximum absolute atomic E-state index is 5.94. The maximum Gasteiger partial charge on any atom is 0.250 e. The fourth-order valence-electron chi connectivity index (χ4n) is 3.00. The van der Waals surface area contributed by atoms with Crippen LogP contribution in [0.15, 0.2) is 48.5 Å². The molecule has 0 radical (unpaired) electrons. The largest absolute Gasteiger partial charge is 0.457 e. The first-order valence-corrected chi connectivity index (χ1v) is 15.0. The lowest BCUT2D eigenvalue weighted by molar-refractivity contribution is 0.483. The predicted octanol–water partition coefficient (Wildman–Crippen LogP) is 10.5. The molecular formula is C22H8Cl12N6O. The Balaban J connectivity index is 1.58. The van der Waals surface area contributed by atoms with Crippen LogP contribution in [0.4, 0.5) is 0 Å². The molecule has 0 aliphatic carbocycles. The van der Waals surface area contributed by atoms with Crippen molar-refractivity contribution in [3.63, 3.8) is 0 Å². The standard InChI is InChI=1S/C22H8Cl12N6O/c23-19(24,25)15-35-13(36-16(39-15)20(26,27)28)9-1-5-11(6-2-9)41-12-7-3-10(4-8-12)14-37-17(21(29,30)31)40-18(38-14)22(32,33)34/h1-8H. The molecule has 0 bridgehead atoms. The van der Waals surface area contributed by atoms with Gasteiger partial charge in [-0.15, -0.1) is 0 Å². The van der Waals surface area contributed by atoms with Crippen LogP contribution in [-0.2, 0) is 15.2 Å². The Hall–Kier alpha value is -0.260. The zero-order valence-electron chi connectivity index (χ0n) is 19.2. The van der Waals surface area contributed by atoms with Crippen LogP contribution >= 0.6 is 139 Å². The predicted molar refractivity (Wildman–Crippen MR) is 168 cm³/mol. The zero-order chi connectivity index (χ0) is 30.4. The molecule has 4 rings (SSSR count). The normalized spacial score (nSPS) is 12.9. The third-order valence-electron chi connectivity index (χ3n) is 4.75. The second kappa shape index (κ2) is 12.6. The highest BCUT2D eigenvalue weighted by atomic mass is 35.6. The fraction of sp³-hybridized carbons (Fsp3) is 0.182. The van der Waals surface area contributed by atoms with Crippen molar-refractivity contribution < 1.29 is 4.74 Å². The Labute approximate surface area is 292 Å². The van der Waals surface area contributed by atoms with E-state index in [9.17, 15) is 0 Å². The number of benzene rings is 2. The number of halogens is 12. The van der Waals surface area contributed by atoms with E-state index >= 15 is 0 Å². The van der Waals surface area contributed by atoms with Gasteiger partial charge in [-0.2, -0.15) is 0 Å². The van der Waals surface area contributed by atoms with Crippen molar-refractivity contribution in [3.05, 3.63) is 71.8 Å². The molecule has 0 saturated heterocycles. The number of hydrogen-bond acceptors (Lipinski definition) is 7. The Morgan fingerprint density at radius 1 is 0.366 bits per heavy atom. The first-order chi connectivity index (χ1) is 18.8. The molecule has 0 N–H and O–H groups in total. The minimum Gasteiger partial charge on any atom is -0.457 e. The average molecular weight is 798 g/mol. The van der Waals surface area contributed by atoms with Crippen LogP contribution < -0.4 is 4.74 Å². The fourth-order valence-corrected chi connectivity index (χ4v) is 4.01. The molecule has 0 unspecified atom stereocenters. The van der Waals surface area contributed by atoms with Crippen molar-refractivity contribution in [1.82, 2.24) is 29.9 Å².